The minimum atomic E-state index is -0.458. The first-order valence-electron chi connectivity index (χ1n) is 8.26. The number of amidine groups is 1. The number of para-hydroxylation sites is 2. The van der Waals surface area contributed by atoms with E-state index >= 15 is 0 Å². The summed E-state index contributed by atoms with van der Waals surface area (Å²) in [6.07, 6.45) is 1.67. The predicted octanol–water partition coefficient (Wildman–Crippen LogP) is 2.37. The standard InChI is InChI=1S/C20H18N4O3/c21-18(14-26-15-8-3-1-4-9-15)23-24-19(25)17-12-7-13-22-20(17)27-16-10-5-2-6-11-16/h1-13H,14H2,(H2,21,23)(H,24,25)/p+1. The summed E-state index contributed by atoms with van der Waals surface area (Å²) in [6.45, 7) is 0.0541. The SMILES string of the molecule is NC(COc1ccccc1)=NNC(=O)c1ccc[nH+]c1Oc1ccccc1. The topological polar surface area (TPSA) is 100 Å². The van der Waals surface area contributed by atoms with Gasteiger partial charge in [-0.05, 0) is 30.3 Å². The van der Waals surface area contributed by atoms with Crippen molar-refractivity contribution >= 4 is 11.7 Å². The van der Waals surface area contributed by atoms with E-state index in [1.165, 1.54) is 0 Å². The molecule has 3 rings (SSSR count). The van der Waals surface area contributed by atoms with Crippen molar-refractivity contribution in [1.82, 2.24) is 5.43 Å². The summed E-state index contributed by atoms with van der Waals surface area (Å²) in [5.74, 6) is 1.25. The lowest BCUT2D eigenvalue weighted by Crippen LogP contribution is -2.28. The maximum atomic E-state index is 12.4. The number of hydrogen-bond donors (Lipinski definition) is 2. The van der Waals surface area contributed by atoms with Crippen LogP contribution in [0.25, 0.3) is 0 Å². The molecule has 136 valence electrons. The van der Waals surface area contributed by atoms with E-state index in [9.17, 15) is 4.79 Å². The number of pyridine rings is 1. The maximum absolute atomic E-state index is 12.4. The second-order valence-electron chi connectivity index (χ2n) is 5.47. The smallest absolute Gasteiger partial charge is 0.384 e. The van der Waals surface area contributed by atoms with Crippen molar-refractivity contribution in [3.05, 3.63) is 84.6 Å². The number of benzene rings is 2. The lowest BCUT2D eigenvalue weighted by molar-refractivity contribution is -0.391. The molecule has 0 aliphatic rings. The Hall–Kier alpha value is -3.87. The van der Waals surface area contributed by atoms with Gasteiger partial charge in [0, 0.05) is 6.07 Å². The first-order valence-corrected chi connectivity index (χ1v) is 8.26. The molecule has 27 heavy (non-hydrogen) atoms. The Labute approximate surface area is 156 Å². The van der Waals surface area contributed by atoms with E-state index in [0.717, 1.165) is 0 Å². The zero-order valence-electron chi connectivity index (χ0n) is 14.5. The van der Waals surface area contributed by atoms with Crippen molar-refractivity contribution in [2.45, 2.75) is 0 Å². The van der Waals surface area contributed by atoms with E-state index < -0.39 is 5.91 Å². The van der Waals surface area contributed by atoms with Crippen LogP contribution in [0, 0.1) is 0 Å². The number of nitrogens with two attached hydrogens (primary N) is 1. The van der Waals surface area contributed by atoms with Crippen molar-refractivity contribution in [2.75, 3.05) is 6.61 Å². The fourth-order valence-electron chi connectivity index (χ4n) is 2.18. The summed E-state index contributed by atoms with van der Waals surface area (Å²) in [4.78, 5) is 15.3. The van der Waals surface area contributed by atoms with E-state index in [2.05, 4.69) is 15.5 Å². The van der Waals surface area contributed by atoms with Gasteiger partial charge in [-0.15, -0.1) is 0 Å². The van der Waals surface area contributed by atoms with Crippen molar-refractivity contribution in [3.63, 3.8) is 0 Å². The van der Waals surface area contributed by atoms with Gasteiger partial charge in [0.15, 0.2) is 17.6 Å². The van der Waals surface area contributed by atoms with Crippen LogP contribution in [0.3, 0.4) is 0 Å². The molecule has 0 radical (unpaired) electrons. The molecule has 7 nitrogen and oxygen atoms in total. The van der Waals surface area contributed by atoms with Crippen LogP contribution in [0.5, 0.6) is 17.4 Å². The Bertz CT molecular complexity index is 915. The number of hydrogen-bond acceptors (Lipinski definition) is 4. The number of nitrogens with zero attached hydrogens (tertiary/aromatic N) is 1. The molecule has 0 saturated heterocycles. The van der Waals surface area contributed by atoms with E-state index in [4.69, 9.17) is 15.2 Å². The van der Waals surface area contributed by atoms with E-state index in [-0.39, 0.29) is 12.4 Å². The Morgan fingerprint density at radius 1 is 0.963 bits per heavy atom. The average Bonchev–Trinajstić information content (AvgIpc) is 2.72. The summed E-state index contributed by atoms with van der Waals surface area (Å²) in [6, 6.07) is 21.7. The molecule has 0 saturated carbocycles. The number of aromatic amines is 1. The molecule has 0 atom stereocenters. The molecule has 3 aromatic rings. The molecule has 0 aliphatic heterocycles. The third-order valence-electron chi connectivity index (χ3n) is 3.46. The number of hydrazone groups is 1. The highest BCUT2D eigenvalue weighted by Crippen LogP contribution is 2.20. The summed E-state index contributed by atoms with van der Waals surface area (Å²) < 4.78 is 11.2. The number of ether oxygens (including phenoxy) is 2. The zero-order chi connectivity index (χ0) is 18.9. The summed E-state index contributed by atoms with van der Waals surface area (Å²) >= 11 is 0. The summed E-state index contributed by atoms with van der Waals surface area (Å²) in [7, 11) is 0. The highest BCUT2D eigenvalue weighted by Gasteiger charge is 2.19. The molecule has 4 N–H and O–H groups in total. The van der Waals surface area contributed by atoms with Crippen molar-refractivity contribution in [1.29, 1.82) is 0 Å². The molecule has 0 unspecified atom stereocenters. The van der Waals surface area contributed by atoms with Crippen molar-refractivity contribution in [3.8, 4) is 17.4 Å². The third-order valence-corrected chi connectivity index (χ3v) is 3.46. The van der Waals surface area contributed by atoms with E-state index in [1.54, 1.807) is 42.6 Å². The lowest BCUT2D eigenvalue weighted by Gasteiger charge is -2.06. The van der Waals surface area contributed by atoms with Gasteiger partial charge in [-0.3, -0.25) is 4.79 Å². The number of rotatable bonds is 7. The van der Waals surface area contributed by atoms with Gasteiger partial charge in [0.1, 0.15) is 18.1 Å². The largest absolute Gasteiger partial charge is 0.486 e. The highest BCUT2D eigenvalue weighted by molar-refractivity contribution is 5.96. The monoisotopic (exact) mass is 363 g/mol. The van der Waals surface area contributed by atoms with Crippen LogP contribution in [-0.2, 0) is 0 Å². The minimum absolute atomic E-state index is 0.0541. The molecule has 1 aromatic heterocycles. The second kappa shape index (κ2) is 9.00. The number of amides is 1. The van der Waals surface area contributed by atoms with Crippen LogP contribution in [-0.4, -0.2) is 18.3 Å². The molecule has 7 heteroatoms. The number of carbonyl (C=O) groups excluding carboxylic acids is 1. The van der Waals surface area contributed by atoms with Crippen molar-refractivity contribution < 1.29 is 19.3 Å². The van der Waals surface area contributed by atoms with Gasteiger partial charge in [0.25, 0.3) is 5.91 Å². The van der Waals surface area contributed by atoms with Gasteiger partial charge < -0.3 is 15.2 Å². The molecule has 1 amide bonds. The summed E-state index contributed by atoms with van der Waals surface area (Å²) in [5.41, 5.74) is 8.48. The van der Waals surface area contributed by atoms with Gasteiger partial charge in [-0.25, -0.2) is 5.43 Å². The third kappa shape index (κ3) is 5.30. The predicted molar refractivity (Wildman–Crippen MR) is 101 cm³/mol. The Balaban J connectivity index is 1.62. The van der Waals surface area contributed by atoms with E-state index in [1.807, 2.05) is 36.4 Å². The fourth-order valence-corrected chi connectivity index (χ4v) is 2.18. The molecule has 1 heterocycles. The Kier molecular flexibility index (Phi) is 5.98. The molecular weight excluding hydrogens is 344 g/mol. The van der Waals surface area contributed by atoms with Gasteiger partial charge >= 0.3 is 5.88 Å². The quantitative estimate of drug-likeness (QED) is 0.382. The van der Waals surface area contributed by atoms with Gasteiger partial charge in [-0.2, -0.15) is 10.1 Å². The number of carbonyl (C=O) groups is 1. The highest BCUT2D eigenvalue weighted by atomic mass is 16.5. The van der Waals surface area contributed by atoms with Gasteiger partial charge in [0.05, 0.1) is 0 Å². The normalized spacial score (nSPS) is 10.9. The van der Waals surface area contributed by atoms with Crippen LogP contribution in [0.2, 0.25) is 0 Å². The van der Waals surface area contributed by atoms with Gasteiger partial charge in [0.2, 0.25) is 0 Å². The molecule has 0 aliphatic carbocycles. The molecule has 2 aromatic carbocycles. The Morgan fingerprint density at radius 3 is 2.33 bits per heavy atom. The molecule has 0 fully saturated rings. The zero-order valence-corrected chi connectivity index (χ0v) is 14.5. The summed E-state index contributed by atoms with van der Waals surface area (Å²) in [5, 5.41) is 3.86. The lowest BCUT2D eigenvalue weighted by atomic mass is 10.2. The number of H-pyrrole nitrogens is 1. The molecular formula is C20H19N4O3+. The first-order chi connectivity index (χ1) is 13.2. The van der Waals surface area contributed by atoms with Gasteiger partial charge in [-0.1, -0.05) is 36.4 Å². The maximum Gasteiger partial charge on any atom is 0.384 e. The van der Waals surface area contributed by atoms with E-state index in [0.29, 0.717) is 22.9 Å². The Morgan fingerprint density at radius 2 is 1.63 bits per heavy atom. The van der Waals surface area contributed by atoms with Crippen LogP contribution >= 0.6 is 0 Å². The first kappa shape index (κ1) is 17.9. The van der Waals surface area contributed by atoms with Crippen LogP contribution in [0.4, 0.5) is 0 Å². The number of nitrogens with one attached hydrogen (secondary N) is 2. The van der Waals surface area contributed by atoms with Crippen LogP contribution in [0.15, 0.2) is 84.1 Å². The number of aromatic nitrogens is 1. The van der Waals surface area contributed by atoms with Crippen molar-refractivity contribution in [2.24, 2.45) is 10.8 Å². The fraction of sp³-hybridized carbons (Fsp3) is 0.0500. The average molecular weight is 363 g/mol. The molecule has 0 bridgehead atoms. The molecule has 0 spiro atoms. The van der Waals surface area contributed by atoms with Crippen LogP contribution < -0.4 is 25.6 Å². The second-order valence-corrected chi connectivity index (χ2v) is 5.47. The van der Waals surface area contributed by atoms with Crippen LogP contribution in [0.1, 0.15) is 10.4 Å². The minimum Gasteiger partial charge on any atom is -0.486 e.